The number of benzene rings is 2. The molecule has 180 valence electrons. The van der Waals surface area contributed by atoms with Gasteiger partial charge >= 0.3 is 5.97 Å². The predicted octanol–water partition coefficient (Wildman–Crippen LogP) is 3.28. The Morgan fingerprint density at radius 2 is 1.65 bits per heavy atom. The van der Waals surface area contributed by atoms with E-state index in [1.165, 1.54) is 0 Å². The monoisotopic (exact) mass is 464 g/mol. The Morgan fingerprint density at radius 3 is 2.24 bits per heavy atom. The first-order valence-electron chi connectivity index (χ1n) is 11.7. The lowest BCUT2D eigenvalue weighted by atomic mass is 9.90. The first kappa shape index (κ1) is 23.6. The third-order valence-electron chi connectivity index (χ3n) is 6.74. The molecule has 8 nitrogen and oxygen atoms in total. The van der Waals surface area contributed by atoms with Gasteiger partial charge in [-0.2, -0.15) is 0 Å². The van der Waals surface area contributed by atoms with Gasteiger partial charge in [0, 0.05) is 68.7 Å². The van der Waals surface area contributed by atoms with Gasteiger partial charge in [-0.15, -0.1) is 0 Å². The molecule has 2 atom stereocenters. The van der Waals surface area contributed by atoms with Crippen molar-refractivity contribution in [3.8, 4) is 0 Å². The number of carbonyl (C=O) groups excluding carboxylic acids is 2. The van der Waals surface area contributed by atoms with Crippen LogP contribution in [0.4, 0.5) is 17.1 Å². The zero-order chi connectivity index (χ0) is 24.4. The zero-order valence-corrected chi connectivity index (χ0v) is 20.0. The standard InChI is InChI=1S/C26H32N4O4/c1-17-14-24(27-21-6-4-20(5-7-21)15-26(33)34)23-16-22(8-9-25(23)30(17)19(3)32)29-12-10-28(11-13-29)18(2)31/h4-9,16-17,24,27H,10-15H2,1-3H3,(H,33,34)/t17-,24+/m0/s1. The van der Waals surface area contributed by atoms with Gasteiger partial charge in [-0.25, -0.2) is 0 Å². The van der Waals surface area contributed by atoms with E-state index in [-0.39, 0.29) is 30.3 Å². The van der Waals surface area contributed by atoms with Crippen molar-refractivity contribution in [1.29, 1.82) is 0 Å². The lowest BCUT2D eigenvalue weighted by molar-refractivity contribution is -0.136. The molecule has 2 aliphatic heterocycles. The van der Waals surface area contributed by atoms with Crippen LogP contribution in [-0.2, 0) is 20.8 Å². The molecular weight excluding hydrogens is 432 g/mol. The third kappa shape index (κ3) is 5.00. The SMILES string of the molecule is CC(=O)N1CCN(c2ccc3c(c2)[C@H](Nc2ccc(CC(=O)O)cc2)C[C@H](C)N3C(C)=O)CC1. The zero-order valence-electron chi connectivity index (χ0n) is 20.0. The molecule has 0 radical (unpaired) electrons. The number of fused-ring (bicyclic) bond motifs is 1. The van der Waals surface area contributed by atoms with E-state index >= 15 is 0 Å². The van der Waals surface area contributed by atoms with Crippen molar-refractivity contribution in [3.05, 3.63) is 53.6 Å². The maximum absolute atomic E-state index is 12.5. The van der Waals surface area contributed by atoms with E-state index < -0.39 is 5.97 Å². The molecule has 2 aromatic rings. The largest absolute Gasteiger partial charge is 0.481 e. The van der Waals surface area contributed by atoms with Crippen molar-refractivity contribution in [3.63, 3.8) is 0 Å². The third-order valence-corrected chi connectivity index (χ3v) is 6.74. The minimum absolute atomic E-state index is 0.00258. The van der Waals surface area contributed by atoms with E-state index in [1.54, 1.807) is 13.8 Å². The van der Waals surface area contributed by atoms with E-state index in [4.69, 9.17) is 5.11 Å². The number of anilines is 3. The number of rotatable bonds is 5. The normalized spacial score (nSPS) is 20.0. The van der Waals surface area contributed by atoms with Crippen LogP contribution in [0.2, 0.25) is 0 Å². The van der Waals surface area contributed by atoms with Crippen LogP contribution in [0.3, 0.4) is 0 Å². The Morgan fingerprint density at radius 1 is 0.971 bits per heavy atom. The first-order valence-corrected chi connectivity index (χ1v) is 11.7. The predicted molar refractivity (Wildman–Crippen MR) is 132 cm³/mol. The summed E-state index contributed by atoms with van der Waals surface area (Å²) in [6.45, 7) is 8.22. The van der Waals surface area contributed by atoms with Crippen LogP contribution in [0.1, 0.15) is 44.4 Å². The smallest absolute Gasteiger partial charge is 0.307 e. The van der Waals surface area contributed by atoms with E-state index in [9.17, 15) is 14.4 Å². The summed E-state index contributed by atoms with van der Waals surface area (Å²) in [6, 6.07) is 13.8. The summed E-state index contributed by atoms with van der Waals surface area (Å²) in [6.07, 6.45) is 0.752. The number of aliphatic carboxylic acids is 1. The van der Waals surface area contributed by atoms with Crippen LogP contribution >= 0.6 is 0 Å². The van der Waals surface area contributed by atoms with Gasteiger partial charge < -0.3 is 25.1 Å². The lowest BCUT2D eigenvalue weighted by Crippen LogP contribution is -2.48. The molecule has 2 aromatic carbocycles. The summed E-state index contributed by atoms with van der Waals surface area (Å²) < 4.78 is 0. The fourth-order valence-electron chi connectivity index (χ4n) is 5.04. The summed E-state index contributed by atoms with van der Waals surface area (Å²) >= 11 is 0. The lowest BCUT2D eigenvalue weighted by Gasteiger charge is -2.41. The molecule has 34 heavy (non-hydrogen) atoms. The van der Waals surface area contributed by atoms with Gasteiger partial charge in [0.15, 0.2) is 0 Å². The van der Waals surface area contributed by atoms with Gasteiger partial charge in [0.05, 0.1) is 12.5 Å². The second-order valence-corrected chi connectivity index (χ2v) is 9.17. The molecular formula is C26H32N4O4. The van der Waals surface area contributed by atoms with Crippen LogP contribution < -0.4 is 15.1 Å². The molecule has 2 heterocycles. The van der Waals surface area contributed by atoms with Crippen molar-refractivity contribution in [1.82, 2.24) is 4.90 Å². The van der Waals surface area contributed by atoms with E-state index in [2.05, 4.69) is 29.3 Å². The fraction of sp³-hybridized carbons (Fsp3) is 0.423. The molecule has 1 fully saturated rings. The Hall–Kier alpha value is -3.55. The van der Waals surface area contributed by atoms with E-state index in [1.807, 2.05) is 40.1 Å². The topological polar surface area (TPSA) is 93.2 Å². The van der Waals surface area contributed by atoms with Gasteiger partial charge in [0.2, 0.25) is 11.8 Å². The number of carbonyl (C=O) groups is 3. The molecule has 1 saturated heterocycles. The number of carboxylic acids is 1. The van der Waals surface area contributed by atoms with Crippen molar-refractivity contribution in [2.24, 2.45) is 0 Å². The number of piperazine rings is 1. The minimum Gasteiger partial charge on any atom is -0.481 e. The van der Waals surface area contributed by atoms with Crippen LogP contribution in [0.25, 0.3) is 0 Å². The highest BCUT2D eigenvalue weighted by Crippen LogP contribution is 2.41. The van der Waals surface area contributed by atoms with Crippen molar-refractivity contribution < 1.29 is 19.5 Å². The fourth-order valence-corrected chi connectivity index (χ4v) is 5.04. The molecule has 0 aromatic heterocycles. The van der Waals surface area contributed by atoms with Gasteiger partial charge in [-0.1, -0.05) is 12.1 Å². The number of hydrogen-bond acceptors (Lipinski definition) is 5. The highest BCUT2D eigenvalue weighted by atomic mass is 16.4. The van der Waals surface area contributed by atoms with Crippen LogP contribution in [0, 0.1) is 0 Å². The molecule has 0 saturated carbocycles. The van der Waals surface area contributed by atoms with Crippen molar-refractivity contribution in [2.45, 2.75) is 45.7 Å². The molecule has 0 aliphatic carbocycles. The molecule has 0 spiro atoms. The van der Waals surface area contributed by atoms with Crippen molar-refractivity contribution in [2.75, 3.05) is 41.3 Å². The molecule has 0 bridgehead atoms. The molecule has 4 rings (SSSR count). The quantitative estimate of drug-likeness (QED) is 0.706. The van der Waals surface area contributed by atoms with Crippen molar-refractivity contribution >= 4 is 34.8 Å². The highest BCUT2D eigenvalue weighted by molar-refractivity contribution is 5.94. The Kier molecular flexibility index (Phi) is 6.77. The summed E-state index contributed by atoms with van der Waals surface area (Å²) in [5, 5.41) is 12.6. The molecule has 2 amide bonds. The van der Waals surface area contributed by atoms with Crippen LogP contribution in [0.15, 0.2) is 42.5 Å². The number of nitrogens with one attached hydrogen (secondary N) is 1. The van der Waals surface area contributed by atoms with E-state index in [0.29, 0.717) is 13.1 Å². The first-order chi connectivity index (χ1) is 16.2. The maximum Gasteiger partial charge on any atom is 0.307 e. The summed E-state index contributed by atoms with van der Waals surface area (Å²) in [5.41, 5.74) is 4.73. The number of nitrogens with zero attached hydrogens (tertiary/aromatic N) is 3. The Balaban J connectivity index is 1.61. The minimum atomic E-state index is -0.850. The average Bonchev–Trinajstić information content (AvgIpc) is 2.79. The van der Waals surface area contributed by atoms with Gasteiger partial charge in [-0.3, -0.25) is 14.4 Å². The molecule has 8 heteroatoms. The summed E-state index contributed by atoms with van der Waals surface area (Å²) in [7, 11) is 0. The van der Waals surface area contributed by atoms with E-state index in [0.717, 1.165) is 47.7 Å². The van der Waals surface area contributed by atoms with Crippen LogP contribution in [-0.4, -0.2) is 60.0 Å². The highest BCUT2D eigenvalue weighted by Gasteiger charge is 2.33. The summed E-state index contributed by atoms with van der Waals surface area (Å²) in [5.74, 6) is -0.723. The van der Waals surface area contributed by atoms with Crippen LogP contribution in [0.5, 0.6) is 0 Å². The second-order valence-electron chi connectivity index (χ2n) is 9.17. The summed E-state index contributed by atoms with van der Waals surface area (Å²) in [4.78, 5) is 41.1. The van der Waals surface area contributed by atoms with Gasteiger partial charge in [-0.05, 0) is 49.2 Å². The molecule has 0 unspecified atom stereocenters. The number of amides is 2. The second kappa shape index (κ2) is 9.75. The molecule has 2 N–H and O–H groups in total. The van der Waals surface area contributed by atoms with Gasteiger partial charge in [0.25, 0.3) is 0 Å². The number of carboxylic acid groups (broad SMARTS) is 1. The molecule has 2 aliphatic rings. The Labute approximate surface area is 200 Å². The van der Waals surface area contributed by atoms with Gasteiger partial charge in [0.1, 0.15) is 0 Å². The Bertz CT molecular complexity index is 1080. The maximum atomic E-state index is 12.5. The number of hydrogen-bond donors (Lipinski definition) is 2. The average molecular weight is 465 g/mol.